The molecule has 1 aromatic rings. The topological polar surface area (TPSA) is 46.3 Å². The van der Waals surface area contributed by atoms with Gasteiger partial charge in [-0.1, -0.05) is 19.9 Å². The molecule has 0 bridgehead atoms. The van der Waals surface area contributed by atoms with Crippen LogP contribution in [0.25, 0.3) is 0 Å². The number of benzene rings is 1. The fourth-order valence-corrected chi connectivity index (χ4v) is 1.78. The molecule has 1 rings (SSSR count). The number of hydrogen-bond donors (Lipinski definition) is 1. The molecule has 1 atom stereocenters. The van der Waals surface area contributed by atoms with Gasteiger partial charge in [-0.05, 0) is 37.0 Å². The molecule has 19 heavy (non-hydrogen) atoms. The quantitative estimate of drug-likeness (QED) is 0.890. The number of rotatable bonds is 5. The second-order valence-electron chi connectivity index (χ2n) is 5.41. The van der Waals surface area contributed by atoms with Crippen LogP contribution in [-0.2, 0) is 0 Å². The van der Waals surface area contributed by atoms with Crippen molar-refractivity contribution in [2.45, 2.75) is 33.2 Å². The van der Waals surface area contributed by atoms with Crippen LogP contribution in [-0.4, -0.2) is 30.4 Å². The Labute approximate surface area is 114 Å². The van der Waals surface area contributed by atoms with E-state index in [2.05, 4.69) is 0 Å². The molecule has 0 radical (unpaired) electrons. The molecule has 1 amide bonds. The van der Waals surface area contributed by atoms with E-state index >= 15 is 0 Å². The number of aryl methyl sites for hydroxylation is 1. The van der Waals surface area contributed by atoms with Crippen LogP contribution in [0.4, 0.5) is 4.39 Å². The monoisotopic (exact) mass is 266 g/mol. The first kappa shape index (κ1) is 15.6. The van der Waals surface area contributed by atoms with Gasteiger partial charge in [0, 0.05) is 19.6 Å². The highest BCUT2D eigenvalue weighted by atomic mass is 19.1. The predicted molar refractivity (Wildman–Crippen MR) is 75.5 cm³/mol. The third kappa shape index (κ3) is 4.31. The van der Waals surface area contributed by atoms with Gasteiger partial charge >= 0.3 is 0 Å². The van der Waals surface area contributed by atoms with Gasteiger partial charge in [0.25, 0.3) is 5.91 Å². The molecule has 0 saturated heterocycles. The lowest BCUT2D eigenvalue weighted by Crippen LogP contribution is -2.35. The van der Waals surface area contributed by atoms with Crippen molar-refractivity contribution in [3.05, 3.63) is 35.1 Å². The van der Waals surface area contributed by atoms with Gasteiger partial charge in [-0.3, -0.25) is 4.79 Å². The molecule has 0 aliphatic carbocycles. The summed E-state index contributed by atoms with van der Waals surface area (Å²) >= 11 is 0. The number of amides is 1. The van der Waals surface area contributed by atoms with Crippen molar-refractivity contribution in [2.24, 2.45) is 11.7 Å². The fraction of sp³-hybridized carbons (Fsp3) is 0.533. The largest absolute Gasteiger partial charge is 0.342 e. The summed E-state index contributed by atoms with van der Waals surface area (Å²) in [7, 11) is 1.68. The van der Waals surface area contributed by atoms with Crippen molar-refractivity contribution >= 4 is 5.91 Å². The minimum Gasteiger partial charge on any atom is -0.342 e. The number of hydrogen-bond acceptors (Lipinski definition) is 2. The minimum absolute atomic E-state index is 0.0538. The summed E-state index contributed by atoms with van der Waals surface area (Å²) in [5.74, 6) is -0.391. The Balaban J connectivity index is 2.66. The Morgan fingerprint density at radius 1 is 1.42 bits per heavy atom. The van der Waals surface area contributed by atoms with Crippen LogP contribution in [0.15, 0.2) is 18.2 Å². The molecule has 106 valence electrons. The van der Waals surface area contributed by atoms with Crippen molar-refractivity contribution in [1.29, 1.82) is 0 Å². The molecule has 1 aromatic carbocycles. The van der Waals surface area contributed by atoms with E-state index < -0.39 is 5.82 Å². The molecule has 0 aromatic heterocycles. The summed E-state index contributed by atoms with van der Waals surface area (Å²) in [5, 5.41) is 0. The Hall–Kier alpha value is -1.42. The SMILES string of the molecule is Cc1ccc(C(=O)N(C)CC[C@H](N)C(C)C)c(F)c1. The number of halogens is 1. The number of nitrogens with zero attached hydrogens (tertiary/aromatic N) is 1. The Bertz CT molecular complexity index is 446. The maximum absolute atomic E-state index is 13.7. The average molecular weight is 266 g/mol. The fourth-order valence-electron chi connectivity index (χ4n) is 1.78. The third-order valence-electron chi connectivity index (χ3n) is 3.36. The lowest BCUT2D eigenvalue weighted by atomic mass is 10.0. The average Bonchev–Trinajstić information content (AvgIpc) is 2.34. The molecule has 0 spiro atoms. The van der Waals surface area contributed by atoms with Crippen LogP contribution >= 0.6 is 0 Å². The predicted octanol–water partition coefficient (Wildman–Crippen LogP) is 2.58. The van der Waals surface area contributed by atoms with E-state index in [0.717, 1.165) is 5.56 Å². The highest BCUT2D eigenvalue weighted by Crippen LogP contribution is 2.13. The summed E-state index contributed by atoms with van der Waals surface area (Å²) in [4.78, 5) is 13.6. The molecular weight excluding hydrogens is 243 g/mol. The van der Waals surface area contributed by atoms with Crippen LogP contribution in [0.1, 0.15) is 36.2 Å². The molecular formula is C15H23FN2O. The molecule has 3 nitrogen and oxygen atoms in total. The summed E-state index contributed by atoms with van der Waals surface area (Å²) < 4.78 is 13.7. The molecule has 0 unspecified atom stereocenters. The lowest BCUT2D eigenvalue weighted by Gasteiger charge is -2.21. The Morgan fingerprint density at radius 3 is 2.58 bits per heavy atom. The molecule has 0 aliphatic heterocycles. The van der Waals surface area contributed by atoms with Gasteiger partial charge in [0.1, 0.15) is 5.82 Å². The normalized spacial score (nSPS) is 12.6. The first-order valence-electron chi connectivity index (χ1n) is 6.60. The summed E-state index contributed by atoms with van der Waals surface area (Å²) in [6, 6.07) is 4.70. The van der Waals surface area contributed by atoms with E-state index in [1.165, 1.54) is 17.0 Å². The van der Waals surface area contributed by atoms with Crippen molar-refractivity contribution in [3.63, 3.8) is 0 Å². The second-order valence-corrected chi connectivity index (χ2v) is 5.41. The van der Waals surface area contributed by atoms with Crippen LogP contribution in [0.3, 0.4) is 0 Å². The van der Waals surface area contributed by atoms with E-state index in [-0.39, 0.29) is 17.5 Å². The van der Waals surface area contributed by atoms with E-state index in [1.807, 2.05) is 13.8 Å². The lowest BCUT2D eigenvalue weighted by molar-refractivity contribution is 0.0784. The molecule has 0 saturated carbocycles. The summed E-state index contributed by atoms with van der Waals surface area (Å²) in [6.45, 7) is 6.42. The van der Waals surface area contributed by atoms with Crippen LogP contribution in [0, 0.1) is 18.7 Å². The van der Waals surface area contributed by atoms with Crippen molar-refractivity contribution in [2.75, 3.05) is 13.6 Å². The minimum atomic E-state index is -0.468. The van der Waals surface area contributed by atoms with Crippen LogP contribution in [0.5, 0.6) is 0 Å². The molecule has 2 N–H and O–H groups in total. The third-order valence-corrected chi connectivity index (χ3v) is 3.36. The number of carbonyl (C=O) groups is 1. The summed E-state index contributed by atoms with van der Waals surface area (Å²) in [6.07, 6.45) is 0.716. The highest BCUT2D eigenvalue weighted by Gasteiger charge is 2.17. The van der Waals surface area contributed by atoms with Crippen molar-refractivity contribution in [3.8, 4) is 0 Å². The highest BCUT2D eigenvalue weighted by molar-refractivity contribution is 5.94. The standard InChI is InChI=1S/C15H23FN2O/c1-10(2)14(17)7-8-18(4)15(19)12-6-5-11(3)9-13(12)16/h5-6,9-10,14H,7-8,17H2,1-4H3/t14-/m0/s1. The molecule has 4 heteroatoms. The van der Waals surface area contributed by atoms with Crippen LogP contribution in [0.2, 0.25) is 0 Å². The van der Waals surface area contributed by atoms with Gasteiger partial charge in [-0.2, -0.15) is 0 Å². The Kier molecular flexibility index (Phi) is 5.48. The number of carbonyl (C=O) groups excluding carboxylic acids is 1. The Morgan fingerprint density at radius 2 is 2.05 bits per heavy atom. The van der Waals surface area contributed by atoms with E-state index in [0.29, 0.717) is 18.9 Å². The first-order chi connectivity index (χ1) is 8.82. The van der Waals surface area contributed by atoms with E-state index in [1.54, 1.807) is 20.0 Å². The van der Waals surface area contributed by atoms with E-state index in [9.17, 15) is 9.18 Å². The van der Waals surface area contributed by atoms with Crippen molar-refractivity contribution < 1.29 is 9.18 Å². The zero-order valence-electron chi connectivity index (χ0n) is 12.1. The van der Waals surface area contributed by atoms with Gasteiger partial charge in [-0.25, -0.2) is 4.39 Å². The maximum atomic E-state index is 13.7. The van der Waals surface area contributed by atoms with Gasteiger partial charge < -0.3 is 10.6 Å². The van der Waals surface area contributed by atoms with Crippen molar-refractivity contribution in [1.82, 2.24) is 4.90 Å². The summed E-state index contributed by atoms with van der Waals surface area (Å²) in [5.41, 5.74) is 6.86. The first-order valence-corrected chi connectivity index (χ1v) is 6.60. The zero-order chi connectivity index (χ0) is 14.6. The zero-order valence-corrected chi connectivity index (χ0v) is 12.1. The van der Waals surface area contributed by atoms with Gasteiger partial charge in [0.05, 0.1) is 5.56 Å². The number of nitrogens with two attached hydrogens (primary N) is 1. The maximum Gasteiger partial charge on any atom is 0.256 e. The smallest absolute Gasteiger partial charge is 0.256 e. The second kappa shape index (κ2) is 6.66. The van der Waals surface area contributed by atoms with Crippen LogP contribution < -0.4 is 5.73 Å². The molecule has 0 aliphatic rings. The van der Waals surface area contributed by atoms with Gasteiger partial charge in [0.15, 0.2) is 0 Å². The van der Waals surface area contributed by atoms with E-state index in [4.69, 9.17) is 5.73 Å². The van der Waals surface area contributed by atoms with Gasteiger partial charge in [-0.15, -0.1) is 0 Å². The molecule has 0 heterocycles. The molecule has 0 fully saturated rings. The van der Waals surface area contributed by atoms with Gasteiger partial charge in [0.2, 0.25) is 0 Å².